The zero-order valence-corrected chi connectivity index (χ0v) is 11.1. The molecule has 0 bridgehead atoms. The maximum atomic E-state index is 11.9. The Labute approximate surface area is 102 Å². The van der Waals surface area contributed by atoms with Crippen LogP contribution >= 0.6 is 0 Å². The summed E-state index contributed by atoms with van der Waals surface area (Å²) >= 11 is 0. The number of benzene rings is 1. The van der Waals surface area contributed by atoms with E-state index in [4.69, 9.17) is 0 Å². The molecule has 1 aromatic rings. The highest BCUT2D eigenvalue weighted by molar-refractivity contribution is 7.91. The Morgan fingerprint density at radius 1 is 1.00 bits per heavy atom. The van der Waals surface area contributed by atoms with Crippen LogP contribution in [-0.2, 0) is 19.7 Å². The molecular formula is C11H14O4S2. The van der Waals surface area contributed by atoms with Gasteiger partial charge in [-0.1, -0.05) is 0 Å². The van der Waals surface area contributed by atoms with Crippen molar-refractivity contribution in [3.8, 4) is 0 Å². The van der Waals surface area contributed by atoms with Crippen LogP contribution in [0, 0.1) is 5.92 Å². The first kappa shape index (κ1) is 12.6. The van der Waals surface area contributed by atoms with E-state index < -0.39 is 19.7 Å². The summed E-state index contributed by atoms with van der Waals surface area (Å²) in [6.07, 6.45) is 3.04. The van der Waals surface area contributed by atoms with E-state index in [0.717, 1.165) is 19.1 Å². The third-order valence-electron chi connectivity index (χ3n) is 2.76. The first-order valence-electron chi connectivity index (χ1n) is 5.32. The van der Waals surface area contributed by atoms with Gasteiger partial charge in [-0.2, -0.15) is 0 Å². The Bertz CT molecular complexity index is 608. The van der Waals surface area contributed by atoms with Crippen molar-refractivity contribution in [3.63, 3.8) is 0 Å². The molecule has 1 aliphatic carbocycles. The molecule has 0 radical (unpaired) electrons. The van der Waals surface area contributed by atoms with Gasteiger partial charge in [0.2, 0.25) is 0 Å². The van der Waals surface area contributed by atoms with Crippen molar-refractivity contribution in [1.29, 1.82) is 0 Å². The number of hydrogen-bond acceptors (Lipinski definition) is 4. The Hall–Kier alpha value is -0.880. The highest BCUT2D eigenvalue weighted by Gasteiger charge is 2.29. The predicted octanol–water partition coefficient (Wildman–Crippen LogP) is 1.27. The van der Waals surface area contributed by atoms with E-state index >= 15 is 0 Å². The molecule has 4 nitrogen and oxygen atoms in total. The van der Waals surface area contributed by atoms with Gasteiger partial charge in [-0.25, -0.2) is 16.8 Å². The highest BCUT2D eigenvalue weighted by Crippen LogP contribution is 2.32. The second-order valence-electron chi connectivity index (χ2n) is 4.47. The fourth-order valence-electron chi connectivity index (χ4n) is 1.59. The summed E-state index contributed by atoms with van der Waals surface area (Å²) in [5.41, 5.74) is 0. The van der Waals surface area contributed by atoms with Gasteiger partial charge < -0.3 is 0 Å². The van der Waals surface area contributed by atoms with Crippen molar-refractivity contribution in [3.05, 3.63) is 24.3 Å². The molecule has 0 aliphatic heterocycles. The first-order chi connectivity index (χ1) is 7.79. The third-order valence-corrected chi connectivity index (χ3v) is 5.79. The fourth-order valence-corrected chi connectivity index (χ4v) is 3.91. The zero-order chi connectivity index (χ0) is 12.7. The van der Waals surface area contributed by atoms with Gasteiger partial charge in [0.25, 0.3) is 0 Å². The molecule has 0 spiro atoms. The van der Waals surface area contributed by atoms with Gasteiger partial charge in [-0.15, -0.1) is 0 Å². The molecule has 1 aromatic carbocycles. The summed E-state index contributed by atoms with van der Waals surface area (Å²) in [4.78, 5) is 0.347. The average molecular weight is 274 g/mol. The smallest absolute Gasteiger partial charge is 0.178 e. The van der Waals surface area contributed by atoms with Gasteiger partial charge in [0, 0.05) is 6.26 Å². The van der Waals surface area contributed by atoms with Gasteiger partial charge in [0.1, 0.15) is 0 Å². The third kappa shape index (κ3) is 3.07. The lowest BCUT2D eigenvalue weighted by Crippen LogP contribution is -2.08. The van der Waals surface area contributed by atoms with E-state index in [-0.39, 0.29) is 21.5 Å². The van der Waals surface area contributed by atoms with Crippen molar-refractivity contribution in [1.82, 2.24) is 0 Å². The summed E-state index contributed by atoms with van der Waals surface area (Å²) in [5.74, 6) is 0.458. The Balaban J connectivity index is 2.28. The molecule has 1 saturated carbocycles. The molecule has 94 valence electrons. The summed E-state index contributed by atoms with van der Waals surface area (Å²) in [7, 11) is -6.52. The number of hydrogen-bond donors (Lipinski definition) is 0. The van der Waals surface area contributed by atoms with Gasteiger partial charge >= 0.3 is 0 Å². The van der Waals surface area contributed by atoms with Gasteiger partial charge in [-0.3, -0.25) is 0 Å². The fraction of sp³-hybridized carbons (Fsp3) is 0.455. The van der Waals surface area contributed by atoms with Crippen LogP contribution in [0.15, 0.2) is 34.1 Å². The first-order valence-corrected chi connectivity index (χ1v) is 8.86. The van der Waals surface area contributed by atoms with E-state index in [1.165, 1.54) is 24.3 Å². The average Bonchev–Trinajstić information content (AvgIpc) is 3.00. The molecule has 0 unspecified atom stereocenters. The largest absolute Gasteiger partial charge is 0.224 e. The van der Waals surface area contributed by atoms with Crippen LogP contribution in [-0.4, -0.2) is 28.8 Å². The van der Waals surface area contributed by atoms with E-state index in [1.807, 2.05) is 0 Å². The standard InChI is InChI=1S/C11H14O4S2/c1-16(12,13)10-4-6-11(7-5-10)17(14,15)8-9-2-3-9/h4-7,9H,2-3,8H2,1H3. The lowest BCUT2D eigenvalue weighted by Gasteiger charge is -2.04. The Morgan fingerprint density at radius 3 is 1.88 bits per heavy atom. The number of rotatable bonds is 4. The van der Waals surface area contributed by atoms with Crippen LogP contribution < -0.4 is 0 Å². The molecule has 0 N–H and O–H groups in total. The van der Waals surface area contributed by atoms with E-state index in [9.17, 15) is 16.8 Å². The van der Waals surface area contributed by atoms with Crippen LogP contribution in [0.4, 0.5) is 0 Å². The molecule has 1 fully saturated rings. The topological polar surface area (TPSA) is 68.3 Å². The van der Waals surface area contributed by atoms with Crippen LogP contribution in [0.25, 0.3) is 0 Å². The van der Waals surface area contributed by atoms with Crippen molar-refractivity contribution in [2.75, 3.05) is 12.0 Å². The van der Waals surface area contributed by atoms with Crippen molar-refractivity contribution in [2.45, 2.75) is 22.6 Å². The van der Waals surface area contributed by atoms with E-state index in [2.05, 4.69) is 0 Å². The van der Waals surface area contributed by atoms with Crippen molar-refractivity contribution >= 4 is 19.7 Å². The molecule has 2 rings (SSSR count). The van der Waals surface area contributed by atoms with Crippen molar-refractivity contribution < 1.29 is 16.8 Å². The maximum Gasteiger partial charge on any atom is 0.178 e. The van der Waals surface area contributed by atoms with Crippen LogP contribution in [0.1, 0.15) is 12.8 Å². The van der Waals surface area contributed by atoms with Crippen LogP contribution in [0.2, 0.25) is 0 Å². The normalized spacial score (nSPS) is 17.0. The zero-order valence-electron chi connectivity index (χ0n) is 9.46. The lowest BCUT2D eigenvalue weighted by molar-refractivity contribution is 0.591. The minimum atomic E-state index is -3.27. The summed E-state index contributed by atoms with van der Waals surface area (Å²) in [6, 6.07) is 5.42. The molecule has 0 saturated heterocycles. The second-order valence-corrected chi connectivity index (χ2v) is 8.52. The molecular weight excluding hydrogens is 260 g/mol. The molecule has 0 amide bonds. The van der Waals surface area contributed by atoms with E-state index in [0.29, 0.717) is 0 Å². The molecule has 1 aliphatic rings. The second kappa shape index (κ2) is 4.10. The van der Waals surface area contributed by atoms with Gasteiger partial charge in [0.15, 0.2) is 19.7 Å². The summed E-state index contributed by atoms with van der Waals surface area (Å²) in [5, 5.41) is 0. The Kier molecular flexibility index (Phi) is 3.03. The number of sulfone groups is 2. The minimum absolute atomic E-state index is 0.142. The van der Waals surface area contributed by atoms with E-state index in [1.54, 1.807) is 0 Å². The van der Waals surface area contributed by atoms with Crippen LogP contribution in [0.3, 0.4) is 0 Å². The quantitative estimate of drug-likeness (QED) is 0.829. The minimum Gasteiger partial charge on any atom is -0.224 e. The SMILES string of the molecule is CS(=O)(=O)c1ccc(S(=O)(=O)CC2CC2)cc1. The monoisotopic (exact) mass is 274 g/mol. The van der Waals surface area contributed by atoms with Gasteiger partial charge in [0.05, 0.1) is 15.5 Å². The van der Waals surface area contributed by atoms with Crippen molar-refractivity contribution in [2.24, 2.45) is 5.92 Å². The molecule has 0 atom stereocenters. The highest BCUT2D eigenvalue weighted by atomic mass is 32.2. The molecule has 6 heteroatoms. The Morgan fingerprint density at radius 2 is 1.47 bits per heavy atom. The molecule has 0 aromatic heterocycles. The summed E-state index contributed by atoms with van der Waals surface area (Å²) < 4.78 is 46.3. The maximum absolute atomic E-state index is 11.9. The lowest BCUT2D eigenvalue weighted by atomic mass is 10.4. The predicted molar refractivity (Wildman–Crippen MR) is 64.3 cm³/mol. The van der Waals surface area contributed by atoms with Crippen LogP contribution in [0.5, 0.6) is 0 Å². The molecule has 0 heterocycles. The summed E-state index contributed by atoms with van der Waals surface area (Å²) in [6.45, 7) is 0. The molecule has 17 heavy (non-hydrogen) atoms. The van der Waals surface area contributed by atoms with Gasteiger partial charge in [-0.05, 0) is 43.0 Å².